The Bertz CT molecular complexity index is 1240. The zero-order valence-corrected chi connectivity index (χ0v) is 19.4. The molecule has 1 aliphatic rings. The summed E-state index contributed by atoms with van der Waals surface area (Å²) < 4.78 is 5.70. The quantitative estimate of drug-likeness (QED) is 0.406. The predicted octanol–water partition coefficient (Wildman–Crippen LogP) is 5.65. The molecule has 1 aliphatic heterocycles. The number of carbonyl (C=O) groups excluding carboxylic acids is 1. The van der Waals surface area contributed by atoms with Crippen LogP contribution >= 0.6 is 11.6 Å². The van der Waals surface area contributed by atoms with Crippen LogP contribution in [0.25, 0.3) is 16.3 Å². The lowest BCUT2D eigenvalue weighted by Gasteiger charge is -2.40. The van der Waals surface area contributed by atoms with E-state index in [0.29, 0.717) is 10.8 Å². The van der Waals surface area contributed by atoms with E-state index in [9.17, 15) is 4.79 Å². The van der Waals surface area contributed by atoms with E-state index in [1.54, 1.807) is 6.21 Å². The molecule has 1 heterocycles. The standard InChI is InChI=1S/C26H26ClN3O2/c1-17-14-26(2,3)30(4)23-13-22(27)19(12-21(17)23)15-28-29-25(31)16-32-24-11-7-9-18-8-5-6-10-20(18)24/h5-15H,16H2,1-4H3,(H,29,31)/b28-15+. The molecule has 0 fully saturated rings. The van der Waals surface area contributed by atoms with E-state index in [0.717, 1.165) is 27.6 Å². The Morgan fingerprint density at radius 2 is 1.94 bits per heavy atom. The lowest BCUT2D eigenvalue weighted by molar-refractivity contribution is -0.123. The van der Waals surface area contributed by atoms with Crippen molar-refractivity contribution in [1.29, 1.82) is 0 Å². The molecule has 3 aromatic rings. The van der Waals surface area contributed by atoms with E-state index in [2.05, 4.69) is 49.3 Å². The number of fused-ring (bicyclic) bond motifs is 2. The third-order valence-electron chi connectivity index (χ3n) is 5.84. The number of likely N-dealkylation sites (N-methyl/N-ethyl adjacent to an activating group) is 1. The molecule has 0 aliphatic carbocycles. The van der Waals surface area contributed by atoms with Gasteiger partial charge in [-0.15, -0.1) is 0 Å². The zero-order chi connectivity index (χ0) is 22.9. The molecule has 0 aromatic heterocycles. The number of rotatable bonds is 5. The molecule has 6 heteroatoms. The molecular formula is C26H26ClN3O2. The number of anilines is 1. The molecule has 32 heavy (non-hydrogen) atoms. The Hall–Kier alpha value is -3.31. The van der Waals surface area contributed by atoms with Gasteiger partial charge in [-0.25, -0.2) is 5.43 Å². The maximum Gasteiger partial charge on any atom is 0.277 e. The van der Waals surface area contributed by atoms with Gasteiger partial charge in [0.05, 0.1) is 16.8 Å². The van der Waals surface area contributed by atoms with Gasteiger partial charge in [-0.3, -0.25) is 4.79 Å². The molecule has 0 unspecified atom stereocenters. The highest BCUT2D eigenvalue weighted by Gasteiger charge is 2.29. The lowest BCUT2D eigenvalue weighted by Crippen LogP contribution is -2.42. The van der Waals surface area contributed by atoms with Crippen molar-refractivity contribution in [3.8, 4) is 5.75 Å². The Labute approximate surface area is 193 Å². The highest BCUT2D eigenvalue weighted by atomic mass is 35.5. The number of hydrogen-bond donors (Lipinski definition) is 1. The predicted molar refractivity (Wildman–Crippen MR) is 133 cm³/mol. The van der Waals surface area contributed by atoms with Crippen molar-refractivity contribution >= 4 is 45.8 Å². The van der Waals surface area contributed by atoms with Gasteiger partial charge >= 0.3 is 0 Å². The minimum absolute atomic E-state index is 0.0892. The van der Waals surface area contributed by atoms with Crippen LogP contribution in [0.5, 0.6) is 5.75 Å². The number of ether oxygens (including phenoxy) is 1. The first-order valence-electron chi connectivity index (χ1n) is 10.5. The molecule has 164 valence electrons. The largest absolute Gasteiger partial charge is 0.483 e. The maximum absolute atomic E-state index is 12.2. The third-order valence-corrected chi connectivity index (χ3v) is 6.16. The van der Waals surface area contributed by atoms with E-state index < -0.39 is 0 Å². The number of allylic oxidation sites excluding steroid dienone is 1. The summed E-state index contributed by atoms with van der Waals surface area (Å²) in [5.74, 6) is 0.315. The number of carbonyl (C=O) groups is 1. The van der Waals surface area contributed by atoms with Crippen LogP contribution < -0.4 is 15.1 Å². The summed E-state index contributed by atoms with van der Waals surface area (Å²) in [6, 6.07) is 17.6. The number of hydrazone groups is 1. The van der Waals surface area contributed by atoms with Gasteiger partial charge in [0.25, 0.3) is 5.91 Å². The lowest BCUT2D eigenvalue weighted by atomic mass is 9.88. The van der Waals surface area contributed by atoms with Gasteiger partial charge in [-0.2, -0.15) is 5.10 Å². The van der Waals surface area contributed by atoms with Crippen molar-refractivity contribution in [2.24, 2.45) is 5.10 Å². The van der Waals surface area contributed by atoms with Gasteiger partial charge in [0, 0.05) is 29.2 Å². The van der Waals surface area contributed by atoms with Gasteiger partial charge in [0.2, 0.25) is 0 Å². The summed E-state index contributed by atoms with van der Waals surface area (Å²) in [6.45, 7) is 6.29. The van der Waals surface area contributed by atoms with Crippen molar-refractivity contribution in [2.45, 2.75) is 26.3 Å². The van der Waals surface area contributed by atoms with Gasteiger partial charge in [0.1, 0.15) is 5.75 Å². The fraction of sp³-hybridized carbons (Fsp3) is 0.231. The van der Waals surface area contributed by atoms with Gasteiger partial charge in [0.15, 0.2) is 6.61 Å². The van der Waals surface area contributed by atoms with Crippen molar-refractivity contribution in [3.63, 3.8) is 0 Å². The molecule has 0 atom stereocenters. The molecule has 0 radical (unpaired) electrons. The first kappa shape index (κ1) is 21.9. The second kappa shape index (κ2) is 8.67. The van der Waals surface area contributed by atoms with Crippen LogP contribution in [0, 0.1) is 0 Å². The van der Waals surface area contributed by atoms with Crippen LogP contribution in [0.15, 0.2) is 65.8 Å². The maximum atomic E-state index is 12.2. The fourth-order valence-corrected chi connectivity index (χ4v) is 4.16. The van der Waals surface area contributed by atoms with Gasteiger partial charge in [-0.05, 0) is 49.9 Å². The monoisotopic (exact) mass is 447 g/mol. The Morgan fingerprint density at radius 1 is 1.19 bits per heavy atom. The molecule has 0 bridgehead atoms. The van der Waals surface area contributed by atoms with Gasteiger partial charge < -0.3 is 9.64 Å². The molecule has 0 saturated carbocycles. The van der Waals surface area contributed by atoms with E-state index in [1.807, 2.05) is 54.6 Å². The smallest absolute Gasteiger partial charge is 0.277 e. The number of benzene rings is 3. The Morgan fingerprint density at radius 3 is 2.75 bits per heavy atom. The molecule has 3 aromatic carbocycles. The molecular weight excluding hydrogens is 422 g/mol. The van der Waals surface area contributed by atoms with Crippen LogP contribution in [-0.4, -0.2) is 31.3 Å². The number of amides is 1. The Balaban J connectivity index is 1.43. The van der Waals surface area contributed by atoms with Gasteiger partial charge in [-0.1, -0.05) is 54.1 Å². The van der Waals surface area contributed by atoms with Crippen molar-refractivity contribution in [3.05, 3.63) is 76.8 Å². The number of nitrogens with one attached hydrogen (secondary N) is 1. The fourth-order valence-electron chi connectivity index (χ4n) is 3.96. The average Bonchev–Trinajstić information content (AvgIpc) is 2.76. The minimum Gasteiger partial charge on any atom is -0.483 e. The molecule has 4 rings (SSSR count). The molecule has 1 N–H and O–H groups in total. The van der Waals surface area contributed by atoms with Crippen molar-refractivity contribution < 1.29 is 9.53 Å². The molecule has 0 saturated heterocycles. The zero-order valence-electron chi connectivity index (χ0n) is 18.6. The van der Waals surface area contributed by atoms with Crippen LogP contribution in [-0.2, 0) is 4.79 Å². The van der Waals surface area contributed by atoms with Crippen molar-refractivity contribution in [2.75, 3.05) is 18.6 Å². The van der Waals surface area contributed by atoms with E-state index in [1.165, 1.54) is 5.57 Å². The van der Waals surface area contributed by atoms with Crippen LogP contribution in [0.4, 0.5) is 5.69 Å². The summed E-state index contributed by atoms with van der Waals surface area (Å²) in [4.78, 5) is 14.4. The summed E-state index contributed by atoms with van der Waals surface area (Å²) in [6.07, 6.45) is 3.79. The molecule has 1 amide bonds. The SMILES string of the molecule is CC1=CC(C)(C)N(C)c2cc(Cl)c(/C=N/NC(=O)COc3cccc4ccccc34)cc21. The van der Waals surface area contributed by atoms with E-state index in [-0.39, 0.29) is 18.1 Å². The normalized spacial score (nSPS) is 14.9. The highest BCUT2D eigenvalue weighted by molar-refractivity contribution is 6.33. The first-order chi connectivity index (χ1) is 15.3. The summed E-state index contributed by atoms with van der Waals surface area (Å²) in [7, 11) is 2.06. The van der Waals surface area contributed by atoms with Crippen LogP contribution in [0.2, 0.25) is 5.02 Å². The van der Waals surface area contributed by atoms with Crippen molar-refractivity contribution in [1.82, 2.24) is 5.43 Å². The highest BCUT2D eigenvalue weighted by Crippen LogP contribution is 2.40. The summed E-state index contributed by atoms with van der Waals surface area (Å²) in [5.41, 5.74) is 6.52. The second-order valence-electron chi connectivity index (χ2n) is 8.49. The van der Waals surface area contributed by atoms with E-state index in [4.69, 9.17) is 16.3 Å². The first-order valence-corrected chi connectivity index (χ1v) is 10.8. The summed E-state index contributed by atoms with van der Waals surface area (Å²) >= 11 is 6.50. The second-order valence-corrected chi connectivity index (χ2v) is 8.90. The van der Waals surface area contributed by atoms with Crippen LogP contribution in [0.3, 0.4) is 0 Å². The molecule has 5 nitrogen and oxygen atoms in total. The molecule has 0 spiro atoms. The number of hydrogen-bond acceptors (Lipinski definition) is 4. The minimum atomic E-state index is -0.346. The Kier molecular flexibility index (Phi) is 5.94. The number of nitrogens with zero attached hydrogens (tertiary/aromatic N) is 2. The van der Waals surface area contributed by atoms with E-state index >= 15 is 0 Å². The third kappa shape index (κ3) is 4.34. The summed E-state index contributed by atoms with van der Waals surface area (Å²) in [5, 5.41) is 6.67. The number of halogens is 1. The van der Waals surface area contributed by atoms with Crippen LogP contribution in [0.1, 0.15) is 31.9 Å². The average molecular weight is 448 g/mol. The topological polar surface area (TPSA) is 53.9 Å².